The number of esters is 2. The van der Waals surface area contributed by atoms with E-state index in [9.17, 15) is 14.4 Å². The van der Waals surface area contributed by atoms with E-state index in [4.69, 9.17) is 9.47 Å². The standard InChI is InChI=1S/C20H20O5/c1-14(24-19(22)17-11-7-4-8-12-17)13-15(2)25-20(23)18(21)16-9-5-3-6-10-16/h3-12,14-15H,13H2,1-2H3. The zero-order chi connectivity index (χ0) is 18.2. The van der Waals surface area contributed by atoms with Crippen molar-refractivity contribution in [3.8, 4) is 0 Å². The third-order valence-electron chi connectivity index (χ3n) is 3.51. The van der Waals surface area contributed by atoms with Crippen molar-refractivity contribution in [2.24, 2.45) is 0 Å². The van der Waals surface area contributed by atoms with E-state index in [0.29, 0.717) is 12.0 Å². The molecule has 0 aliphatic heterocycles. The predicted molar refractivity (Wildman–Crippen MR) is 92.3 cm³/mol. The van der Waals surface area contributed by atoms with E-state index in [0.717, 1.165) is 0 Å². The third-order valence-corrected chi connectivity index (χ3v) is 3.51. The molecule has 2 aromatic rings. The van der Waals surface area contributed by atoms with E-state index >= 15 is 0 Å². The van der Waals surface area contributed by atoms with E-state index < -0.39 is 29.9 Å². The lowest BCUT2D eigenvalue weighted by atomic mass is 10.1. The molecule has 2 unspecified atom stereocenters. The fourth-order valence-electron chi connectivity index (χ4n) is 2.33. The second-order valence-electron chi connectivity index (χ2n) is 5.73. The summed E-state index contributed by atoms with van der Waals surface area (Å²) in [7, 11) is 0. The summed E-state index contributed by atoms with van der Waals surface area (Å²) in [5, 5.41) is 0. The van der Waals surface area contributed by atoms with Crippen LogP contribution < -0.4 is 0 Å². The molecule has 0 amide bonds. The molecule has 2 aromatic carbocycles. The highest BCUT2D eigenvalue weighted by Gasteiger charge is 2.22. The Bertz CT molecular complexity index is 724. The molecule has 0 radical (unpaired) electrons. The Morgan fingerprint density at radius 1 is 0.760 bits per heavy atom. The van der Waals surface area contributed by atoms with Crippen LogP contribution in [0.15, 0.2) is 60.7 Å². The Morgan fingerprint density at radius 3 is 1.80 bits per heavy atom. The minimum atomic E-state index is -0.916. The molecular weight excluding hydrogens is 320 g/mol. The number of rotatable bonds is 7. The van der Waals surface area contributed by atoms with Crippen molar-refractivity contribution in [2.45, 2.75) is 32.5 Å². The van der Waals surface area contributed by atoms with Crippen LogP contribution in [0.1, 0.15) is 41.0 Å². The van der Waals surface area contributed by atoms with Crippen molar-refractivity contribution in [1.29, 1.82) is 0 Å². The molecular formula is C20H20O5. The molecule has 0 fully saturated rings. The lowest BCUT2D eigenvalue weighted by Gasteiger charge is -2.18. The van der Waals surface area contributed by atoms with Gasteiger partial charge in [0, 0.05) is 12.0 Å². The maximum absolute atomic E-state index is 12.0. The number of ketones is 1. The molecule has 0 saturated carbocycles. The van der Waals surface area contributed by atoms with Crippen LogP contribution in [0.5, 0.6) is 0 Å². The zero-order valence-electron chi connectivity index (χ0n) is 14.2. The van der Waals surface area contributed by atoms with Crippen molar-refractivity contribution in [3.05, 3.63) is 71.8 Å². The van der Waals surface area contributed by atoms with Gasteiger partial charge in [0.1, 0.15) is 12.2 Å². The van der Waals surface area contributed by atoms with Gasteiger partial charge in [-0.05, 0) is 26.0 Å². The summed E-state index contributed by atoms with van der Waals surface area (Å²) in [6.45, 7) is 3.37. The highest BCUT2D eigenvalue weighted by Crippen LogP contribution is 2.11. The second-order valence-corrected chi connectivity index (χ2v) is 5.73. The van der Waals surface area contributed by atoms with Crippen LogP contribution in [-0.2, 0) is 14.3 Å². The molecule has 0 bridgehead atoms. The lowest BCUT2D eigenvalue weighted by Crippen LogP contribution is -2.27. The van der Waals surface area contributed by atoms with Gasteiger partial charge in [-0.25, -0.2) is 9.59 Å². The number of hydrogen-bond acceptors (Lipinski definition) is 5. The number of Topliss-reactive ketones (excluding diaryl/α,β-unsaturated/α-hetero) is 1. The number of ether oxygens (including phenoxy) is 2. The van der Waals surface area contributed by atoms with Crippen LogP contribution in [-0.4, -0.2) is 29.9 Å². The smallest absolute Gasteiger partial charge is 0.379 e. The Balaban J connectivity index is 1.83. The minimum absolute atomic E-state index is 0.281. The average Bonchev–Trinajstić information content (AvgIpc) is 2.62. The number of hydrogen-bond donors (Lipinski definition) is 0. The molecule has 0 spiro atoms. The van der Waals surface area contributed by atoms with Crippen LogP contribution >= 0.6 is 0 Å². The van der Waals surface area contributed by atoms with Crippen molar-refractivity contribution in [3.63, 3.8) is 0 Å². The van der Waals surface area contributed by atoms with Gasteiger partial charge >= 0.3 is 11.9 Å². The fraction of sp³-hybridized carbons (Fsp3) is 0.250. The molecule has 0 aromatic heterocycles. The van der Waals surface area contributed by atoms with Gasteiger partial charge in [0.15, 0.2) is 0 Å². The van der Waals surface area contributed by atoms with Crippen LogP contribution in [0.2, 0.25) is 0 Å². The van der Waals surface area contributed by atoms with E-state index in [1.165, 1.54) is 0 Å². The van der Waals surface area contributed by atoms with Gasteiger partial charge in [-0.3, -0.25) is 4.79 Å². The van der Waals surface area contributed by atoms with Crippen LogP contribution in [0.3, 0.4) is 0 Å². The Labute approximate surface area is 146 Å². The van der Waals surface area contributed by atoms with Gasteiger partial charge in [0.05, 0.1) is 5.56 Å². The van der Waals surface area contributed by atoms with E-state index in [-0.39, 0.29) is 5.56 Å². The van der Waals surface area contributed by atoms with Crippen LogP contribution in [0.25, 0.3) is 0 Å². The molecule has 0 heterocycles. The van der Waals surface area contributed by atoms with Crippen molar-refractivity contribution in [2.75, 3.05) is 0 Å². The SMILES string of the molecule is CC(CC(C)OC(=O)c1ccccc1)OC(=O)C(=O)c1ccccc1. The molecule has 25 heavy (non-hydrogen) atoms. The summed E-state index contributed by atoms with van der Waals surface area (Å²) >= 11 is 0. The number of carbonyl (C=O) groups excluding carboxylic acids is 3. The minimum Gasteiger partial charge on any atom is -0.459 e. The highest BCUT2D eigenvalue weighted by molar-refractivity contribution is 6.40. The van der Waals surface area contributed by atoms with Crippen molar-refractivity contribution in [1.82, 2.24) is 0 Å². The first kappa shape index (κ1) is 18.4. The molecule has 130 valence electrons. The molecule has 2 rings (SSSR count). The summed E-state index contributed by atoms with van der Waals surface area (Å²) in [6.07, 6.45) is -0.715. The van der Waals surface area contributed by atoms with Gasteiger partial charge in [-0.15, -0.1) is 0 Å². The summed E-state index contributed by atoms with van der Waals surface area (Å²) in [6, 6.07) is 16.9. The first-order valence-corrected chi connectivity index (χ1v) is 8.03. The third kappa shape index (κ3) is 5.57. The maximum atomic E-state index is 12.0. The summed E-state index contributed by atoms with van der Waals surface area (Å²) in [4.78, 5) is 35.8. The predicted octanol–water partition coefficient (Wildman–Crippen LogP) is 3.44. The van der Waals surface area contributed by atoms with E-state index in [1.807, 2.05) is 6.07 Å². The normalized spacial score (nSPS) is 12.7. The molecule has 5 nitrogen and oxygen atoms in total. The van der Waals surface area contributed by atoms with Crippen molar-refractivity contribution >= 4 is 17.7 Å². The first-order chi connectivity index (χ1) is 12.0. The molecule has 0 N–H and O–H groups in total. The Hall–Kier alpha value is -2.95. The summed E-state index contributed by atoms with van der Waals surface area (Å²) < 4.78 is 10.5. The Morgan fingerprint density at radius 2 is 1.24 bits per heavy atom. The molecule has 0 aliphatic carbocycles. The lowest BCUT2D eigenvalue weighted by molar-refractivity contribution is -0.143. The summed E-state index contributed by atoms with van der Waals surface area (Å²) in [5.74, 6) is -2.05. The van der Waals surface area contributed by atoms with E-state index in [2.05, 4.69) is 0 Å². The van der Waals surface area contributed by atoms with Gasteiger partial charge < -0.3 is 9.47 Å². The monoisotopic (exact) mass is 340 g/mol. The van der Waals surface area contributed by atoms with Crippen LogP contribution in [0, 0.1) is 0 Å². The molecule has 5 heteroatoms. The average molecular weight is 340 g/mol. The molecule has 2 atom stereocenters. The zero-order valence-corrected chi connectivity index (χ0v) is 14.2. The first-order valence-electron chi connectivity index (χ1n) is 8.03. The van der Waals surface area contributed by atoms with Gasteiger partial charge in [-0.2, -0.15) is 0 Å². The number of carbonyl (C=O) groups is 3. The molecule has 0 aliphatic rings. The van der Waals surface area contributed by atoms with Gasteiger partial charge in [0.25, 0.3) is 5.78 Å². The topological polar surface area (TPSA) is 69.7 Å². The molecule has 0 saturated heterocycles. The van der Waals surface area contributed by atoms with E-state index in [1.54, 1.807) is 68.4 Å². The Kier molecular flexibility index (Phi) is 6.46. The summed E-state index contributed by atoms with van der Waals surface area (Å²) in [5.41, 5.74) is 0.738. The quantitative estimate of drug-likeness (QED) is 0.439. The fourth-order valence-corrected chi connectivity index (χ4v) is 2.33. The van der Waals surface area contributed by atoms with Crippen LogP contribution in [0.4, 0.5) is 0 Å². The highest BCUT2D eigenvalue weighted by atomic mass is 16.6. The van der Waals surface area contributed by atoms with Gasteiger partial charge in [-0.1, -0.05) is 48.5 Å². The maximum Gasteiger partial charge on any atom is 0.379 e. The van der Waals surface area contributed by atoms with Gasteiger partial charge in [0.2, 0.25) is 0 Å². The largest absolute Gasteiger partial charge is 0.459 e. The van der Waals surface area contributed by atoms with Crippen molar-refractivity contribution < 1.29 is 23.9 Å². The second kappa shape index (κ2) is 8.78. The number of benzene rings is 2.